The number of para-hydroxylation sites is 1. The lowest BCUT2D eigenvalue weighted by molar-refractivity contribution is 0.194. The lowest BCUT2D eigenvalue weighted by Gasteiger charge is -2.32. The molecule has 1 aliphatic heterocycles. The Morgan fingerprint density at radius 3 is 2.38 bits per heavy atom. The van der Waals surface area contributed by atoms with Crippen LogP contribution in [0.5, 0.6) is 0 Å². The van der Waals surface area contributed by atoms with Crippen molar-refractivity contribution in [3.05, 3.63) is 88.8 Å². The number of carbonyl (C=O) groups is 1. The molecule has 1 aliphatic rings. The Hall–Kier alpha value is -3.34. The van der Waals surface area contributed by atoms with E-state index in [4.69, 9.17) is 0 Å². The predicted octanol–water partition coefficient (Wildman–Crippen LogP) is 4.46. The summed E-state index contributed by atoms with van der Waals surface area (Å²) in [6, 6.07) is 21.6. The van der Waals surface area contributed by atoms with Gasteiger partial charge in [0, 0.05) is 38.0 Å². The molecule has 1 N–H and O–H groups in total. The average Bonchev–Trinajstić information content (AvgIpc) is 2.77. The summed E-state index contributed by atoms with van der Waals surface area (Å²) in [5.41, 5.74) is 3.99. The van der Waals surface area contributed by atoms with E-state index in [2.05, 4.69) is 5.32 Å². The van der Waals surface area contributed by atoms with Crippen LogP contribution in [0.4, 0.5) is 10.5 Å². The maximum absolute atomic E-state index is 12.9. The van der Waals surface area contributed by atoms with Crippen molar-refractivity contribution in [2.75, 3.05) is 18.4 Å². The average molecular weight is 387 g/mol. The van der Waals surface area contributed by atoms with E-state index in [-0.39, 0.29) is 11.6 Å². The highest BCUT2D eigenvalue weighted by atomic mass is 16.2. The first-order chi connectivity index (χ1) is 14.1. The molecule has 3 aromatic rings. The van der Waals surface area contributed by atoms with Crippen LogP contribution in [0.3, 0.4) is 0 Å². The van der Waals surface area contributed by atoms with E-state index in [1.54, 1.807) is 17.7 Å². The van der Waals surface area contributed by atoms with E-state index in [0.29, 0.717) is 19.0 Å². The second-order valence-corrected chi connectivity index (χ2v) is 7.51. The van der Waals surface area contributed by atoms with Crippen molar-refractivity contribution in [1.29, 1.82) is 0 Å². The number of nitrogens with zero attached hydrogens (tertiary/aromatic N) is 2. The van der Waals surface area contributed by atoms with Crippen LogP contribution in [-0.2, 0) is 7.05 Å². The van der Waals surface area contributed by atoms with Crippen LogP contribution in [0.15, 0.2) is 77.7 Å². The number of urea groups is 1. The molecule has 4 rings (SSSR count). The largest absolute Gasteiger partial charge is 0.324 e. The van der Waals surface area contributed by atoms with Crippen molar-refractivity contribution in [3.8, 4) is 11.1 Å². The van der Waals surface area contributed by atoms with Crippen molar-refractivity contribution in [1.82, 2.24) is 9.47 Å². The molecule has 0 atom stereocenters. The zero-order valence-corrected chi connectivity index (χ0v) is 16.5. The molecule has 2 heterocycles. The quantitative estimate of drug-likeness (QED) is 0.721. The Kier molecular flexibility index (Phi) is 5.47. The van der Waals surface area contributed by atoms with Crippen LogP contribution in [0.1, 0.15) is 24.3 Å². The number of benzene rings is 2. The number of aryl methyl sites for hydroxylation is 1. The van der Waals surface area contributed by atoms with E-state index in [1.807, 2.05) is 71.8 Å². The molecule has 0 bridgehead atoms. The summed E-state index contributed by atoms with van der Waals surface area (Å²) in [5, 5.41) is 3.08. The van der Waals surface area contributed by atoms with E-state index in [0.717, 1.165) is 35.2 Å². The minimum atomic E-state index is -0.0733. The number of hydrogen-bond donors (Lipinski definition) is 1. The van der Waals surface area contributed by atoms with Crippen LogP contribution in [0, 0.1) is 0 Å². The number of hydrogen-bond acceptors (Lipinski definition) is 2. The molecule has 29 heavy (non-hydrogen) atoms. The van der Waals surface area contributed by atoms with Crippen molar-refractivity contribution >= 4 is 11.7 Å². The molecule has 1 fully saturated rings. The highest BCUT2D eigenvalue weighted by Gasteiger charge is 2.24. The number of anilines is 1. The Labute approximate surface area is 170 Å². The van der Waals surface area contributed by atoms with Crippen LogP contribution >= 0.6 is 0 Å². The molecule has 148 valence electrons. The van der Waals surface area contributed by atoms with Crippen LogP contribution in [0.2, 0.25) is 0 Å². The fourth-order valence-corrected chi connectivity index (χ4v) is 3.89. The number of piperidine rings is 1. The van der Waals surface area contributed by atoms with Crippen molar-refractivity contribution in [2.45, 2.75) is 18.8 Å². The van der Waals surface area contributed by atoms with Gasteiger partial charge in [-0.3, -0.25) is 4.79 Å². The molecule has 1 aromatic heterocycles. The molecule has 0 unspecified atom stereocenters. The number of likely N-dealkylation sites (tertiary alicyclic amines) is 1. The molecule has 0 spiro atoms. The monoisotopic (exact) mass is 387 g/mol. The first kappa shape index (κ1) is 19.0. The second-order valence-electron chi connectivity index (χ2n) is 7.51. The smallest absolute Gasteiger partial charge is 0.321 e. The molecule has 1 saturated heterocycles. The summed E-state index contributed by atoms with van der Waals surface area (Å²) in [6.07, 6.45) is 3.54. The minimum Gasteiger partial charge on any atom is -0.324 e. The van der Waals surface area contributed by atoms with E-state index >= 15 is 0 Å². The van der Waals surface area contributed by atoms with Gasteiger partial charge < -0.3 is 14.8 Å². The maximum atomic E-state index is 12.9. The zero-order valence-electron chi connectivity index (χ0n) is 16.5. The molecular weight excluding hydrogens is 362 g/mol. The molecule has 0 saturated carbocycles. The van der Waals surface area contributed by atoms with Gasteiger partial charge in [0.2, 0.25) is 0 Å². The summed E-state index contributed by atoms with van der Waals surface area (Å²) < 4.78 is 1.58. The van der Waals surface area contributed by atoms with Crippen LogP contribution < -0.4 is 10.9 Å². The van der Waals surface area contributed by atoms with Gasteiger partial charge in [0.25, 0.3) is 5.56 Å². The highest BCUT2D eigenvalue weighted by molar-refractivity contribution is 5.94. The fraction of sp³-hybridized carbons (Fsp3) is 0.250. The Balaban J connectivity index is 1.42. The second kappa shape index (κ2) is 8.35. The lowest BCUT2D eigenvalue weighted by atomic mass is 9.90. The van der Waals surface area contributed by atoms with Crippen molar-refractivity contribution in [3.63, 3.8) is 0 Å². The van der Waals surface area contributed by atoms with Gasteiger partial charge in [-0.05, 0) is 42.0 Å². The Morgan fingerprint density at radius 1 is 0.966 bits per heavy atom. The molecule has 5 nitrogen and oxygen atoms in total. The number of carbonyl (C=O) groups excluding carboxylic acids is 1. The van der Waals surface area contributed by atoms with Crippen molar-refractivity contribution in [2.24, 2.45) is 7.05 Å². The number of nitrogens with one attached hydrogen (secondary N) is 1. The normalized spacial score (nSPS) is 14.6. The van der Waals surface area contributed by atoms with Gasteiger partial charge in [-0.1, -0.05) is 48.5 Å². The number of aromatic nitrogens is 1. The topological polar surface area (TPSA) is 54.3 Å². The van der Waals surface area contributed by atoms with Gasteiger partial charge in [0.1, 0.15) is 0 Å². The Bertz CT molecular complexity index is 1050. The molecule has 0 radical (unpaired) electrons. The van der Waals surface area contributed by atoms with Crippen molar-refractivity contribution < 1.29 is 4.79 Å². The highest BCUT2D eigenvalue weighted by Crippen LogP contribution is 2.30. The molecule has 2 aromatic carbocycles. The SMILES string of the molecule is Cn1ccc(C2CCN(C(=O)Nc3ccccc3-c3ccccc3)CC2)cc1=O. The number of pyridine rings is 1. The predicted molar refractivity (Wildman–Crippen MR) is 116 cm³/mol. The van der Waals surface area contributed by atoms with E-state index < -0.39 is 0 Å². The summed E-state index contributed by atoms with van der Waals surface area (Å²) in [5.74, 6) is 0.324. The van der Waals surface area contributed by atoms with Crippen LogP contribution in [-0.4, -0.2) is 28.6 Å². The summed E-state index contributed by atoms with van der Waals surface area (Å²) in [7, 11) is 1.76. The third kappa shape index (κ3) is 4.24. The number of amides is 2. The van der Waals surface area contributed by atoms with Gasteiger partial charge in [0.05, 0.1) is 5.69 Å². The van der Waals surface area contributed by atoms with E-state index in [1.165, 1.54) is 0 Å². The third-order valence-corrected chi connectivity index (χ3v) is 5.64. The first-order valence-corrected chi connectivity index (χ1v) is 9.99. The third-order valence-electron chi connectivity index (χ3n) is 5.64. The maximum Gasteiger partial charge on any atom is 0.321 e. The molecule has 2 amide bonds. The zero-order chi connectivity index (χ0) is 20.2. The molecular formula is C24H25N3O2. The van der Waals surface area contributed by atoms with Crippen LogP contribution in [0.25, 0.3) is 11.1 Å². The van der Waals surface area contributed by atoms with Gasteiger partial charge in [0.15, 0.2) is 0 Å². The van der Waals surface area contributed by atoms with Gasteiger partial charge in [-0.15, -0.1) is 0 Å². The molecule has 5 heteroatoms. The number of rotatable bonds is 3. The summed E-state index contributed by atoms with van der Waals surface area (Å²) >= 11 is 0. The first-order valence-electron chi connectivity index (χ1n) is 9.99. The Morgan fingerprint density at radius 2 is 1.66 bits per heavy atom. The minimum absolute atomic E-state index is 0.0141. The van der Waals surface area contributed by atoms with Gasteiger partial charge in [-0.2, -0.15) is 0 Å². The summed E-state index contributed by atoms with van der Waals surface area (Å²) in [4.78, 5) is 26.6. The lowest BCUT2D eigenvalue weighted by Crippen LogP contribution is -2.40. The standard InChI is InChI=1S/C24H25N3O2/c1-26-14-11-20(17-23(26)28)18-12-15-27(16-13-18)24(29)25-22-10-6-5-9-21(22)19-7-3-2-4-8-19/h2-11,14,17-18H,12-13,15-16H2,1H3,(H,25,29). The summed E-state index contributed by atoms with van der Waals surface area (Å²) in [6.45, 7) is 1.36. The molecule has 0 aliphatic carbocycles. The fourth-order valence-electron chi connectivity index (χ4n) is 3.89. The van der Waals surface area contributed by atoms with E-state index in [9.17, 15) is 9.59 Å². The van der Waals surface area contributed by atoms with Gasteiger partial charge in [-0.25, -0.2) is 4.79 Å². The van der Waals surface area contributed by atoms with Gasteiger partial charge >= 0.3 is 6.03 Å².